The van der Waals surface area contributed by atoms with Crippen molar-refractivity contribution in [2.75, 3.05) is 13.7 Å². The number of carbonyl (C=O) groups is 1. The number of nitrogens with one attached hydrogen (secondary N) is 1. The van der Waals surface area contributed by atoms with Crippen LogP contribution in [0.15, 0.2) is 72.8 Å². The van der Waals surface area contributed by atoms with E-state index in [1.807, 2.05) is 48.5 Å². The molecule has 0 aliphatic carbocycles. The Labute approximate surface area is 169 Å². The summed E-state index contributed by atoms with van der Waals surface area (Å²) >= 11 is 0. The van der Waals surface area contributed by atoms with Gasteiger partial charge in [0, 0.05) is 23.8 Å². The maximum Gasteiger partial charge on any atom is 0.232 e. The molecule has 148 valence electrons. The lowest BCUT2D eigenvalue weighted by Crippen LogP contribution is -2.42. The lowest BCUT2D eigenvalue weighted by molar-refractivity contribution is -0.123. The Bertz CT molecular complexity index is 1010. The van der Waals surface area contributed by atoms with E-state index in [9.17, 15) is 9.18 Å². The molecule has 0 saturated carbocycles. The van der Waals surface area contributed by atoms with Crippen LogP contribution in [0.25, 0.3) is 0 Å². The van der Waals surface area contributed by atoms with E-state index >= 15 is 0 Å². The Balaban J connectivity index is 1.63. The molecule has 5 heteroatoms. The minimum Gasteiger partial charge on any atom is -0.457 e. The highest BCUT2D eigenvalue weighted by Crippen LogP contribution is 2.44. The van der Waals surface area contributed by atoms with Gasteiger partial charge in [0.2, 0.25) is 5.91 Å². The predicted molar refractivity (Wildman–Crippen MR) is 109 cm³/mol. The first-order chi connectivity index (χ1) is 14.0. The molecule has 1 heterocycles. The van der Waals surface area contributed by atoms with Crippen LogP contribution in [0.5, 0.6) is 11.5 Å². The molecule has 3 aromatic rings. The zero-order chi connectivity index (χ0) is 20.4. The van der Waals surface area contributed by atoms with Crippen molar-refractivity contribution in [3.8, 4) is 11.5 Å². The largest absolute Gasteiger partial charge is 0.457 e. The van der Waals surface area contributed by atoms with Crippen molar-refractivity contribution in [2.24, 2.45) is 0 Å². The summed E-state index contributed by atoms with van der Waals surface area (Å²) < 4.78 is 25.9. The Morgan fingerprint density at radius 1 is 1.00 bits per heavy atom. The van der Waals surface area contributed by atoms with E-state index in [0.29, 0.717) is 17.1 Å². The smallest absolute Gasteiger partial charge is 0.232 e. The second kappa shape index (κ2) is 7.68. The molecule has 0 bridgehead atoms. The van der Waals surface area contributed by atoms with E-state index in [4.69, 9.17) is 9.47 Å². The van der Waals surface area contributed by atoms with Gasteiger partial charge in [0.1, 0.15) is 22.9 Å². The van der Waals surface area contributed by atoms with Gasteiger partial charge in [-0.1, -0.05) is 54.6 Å². The van der Waals surface area contributed by atoms with Gasteiger partial charge in [0.25, 0.3) is 0 Å². The van der Waals surface area contributed by atoms with Crippen LogP contribution in [0, 0.1) is 5.82 Å². The first-order valence-corrected chi connectivity index (χ1v) is 9.47. The Morgan fingerprint density at radius 3 is 2.14 bits per heavy atom. The van der Waals surface area contributed by atoms with Crippen molar-refractivity contribution in [3.05, 3.63) is 95.3 Å². The van der Waals surface area contributed by atoms with Crippen molar-refractivity contribution in [2.45, 2.75) is 18.4 Å². The third kappa shape index (κ3) is 3.49. The quantitative estimate of drug-likeness (QED) is 0.683. The van der Waals surface area contributed by atoms with Gasteiger partial charge in [0.05, 0.1) is 12.5 Å². The average molecular weight is 391 g/mol. The van der Waals surface area contributed by atoms with Gasteiger partial charge < -0.3 is 14.8 Å². The Kier molecular flexibility index (Phi) is 5.07. The maximum absolute atomic E-state index is 14.3. The molecule has 0 spiro atoms. The highest BCUT2D eigenvalue weighted by Gasteiger charge is 2.35. The number of amides is 1. The fourth-order valence-corrected chi connectivity index (χ4v) is 3.72. The summed E-state index contributed by atoms with van der Waals surface area (Å²) in [5.74, 6) is 0.253. The van der Waals surface area contributed by atoms with Crippen LogP contribution in [-0.4, -0.2) is 19.6 Å². The maximum atomic E-state index is 14.3. The minimum absolute atomic E-state index is 0.130. The second-order valence-corrected chi connectivity index (χ2v) is 7.24. The number of methoxy groups -OCH3 is 1. The summed E-state index contributed by atoms with van der Waals surface area (Å²) in [5.41, 5.74) is 1.00. The molecule has 0 saturated heterocycles. The van der Waals surface area contributed by atoms with E-state index in [1.54, 1.807) is 25.1 Å². The summed E-state index contributed by atoms with van der Waals surface area (Å²) in [6.45, 7) is 1.89. The van der Waals surface area contributed by atoms with Gasteiger partial charge in [-0.3, -0.25) is 4.79 Å². The van der Waals surface area contributed by atoms with E-state index in [-0.39, 0.29) is 18.3 Å². The molecule has 1 aliphatic heterocycles. The molecular weight excluding hydrogens is 369 g/mol. The summed E-state index contributed by atoms with van der Waals surface area (Å²) in [5, 5.41) is 2.97. The Morgan fingerprint density at radius 2 is 1.55 bits per heavy atom. The highest BCUT2D eigenvalue weighted by molar-refractivity contribution is 5.89. The molecule has 0 aromatic heterocycles. The lowest BCUT2D eigenvalue weighted by atomic mass is 9.87. The van der Waals surface area contributed by atoms with E-state index in [2.05, 4.69) is 5.32 Å². The van der Waals surface area contributed by atoms with Crippen molar-refractivity contribution in [1.82, 2.24) is 5.32 Å². The van der Waals surface area contributed by atoms with E-state index in [0.717, 1.165) is 11.1 Å². The summed E-state index contributed by atoms with van der Waals surface area (Å²) in [4.78, 5) is 13.3. The number of carbonyl (C=O) groups excluding carboxylic acids is 1. The van der Waals surface area contributed by atoms with Gasteiger partial charge in [-0.05, 0) is 25.1 Å². The van der Waals surface area contributed by atoms with Crippen LogP contribution >= 0.6 is 0 Å². The SMILES string of the molecule is CO[C@](C)(CNC(=O)C1c2ccccc2Oc2ccccc21)c1ccccc1F. The minimum atomic E-state index is -0.995. The number of benzene rings is 3. The number of ether oxygens (including phenoxy) is 2. The lowest BCUT2D eigenvalue weighted by Gasteiger charge is -2.31. The Hall–Kier alpha value is -3.18. The van der Waals surface area contributed by atoms with Gasteiger partial charge in [-0.15, -0.1) is 0 Å². The highest BCUT2D eigenvalue weighted by atomic mass is 19.1. The zero-order valence-corrected chi connectivity index (χ0v) is 16.3. The van der Waals surface area contributed by atoms with E-state index in [1.165, 1.54) is 13.2 Å². The van der Waals surface area contributed by atoms with Gasteiger partial charge in [-0.25, -0.2) is 4.39 Å². The number of para-hydroxylation sites is 2. The molecular formula is C24H22FNO3. The van der Waals surface area contributed by atoms with Crippen molar-refractivity contribution < 1.29 is 18.7 Å². The molecule has 0 unspecified atom stereocenters. The van der Waals surface area contributed by atoms with Crippen molar-refractivity contribution in [1.29, 1.82) is 0 Å². The molecule has 1 atom stereocenters. The number of rotatable bonds is 5. The van der Waals surface area contributed by atoms with E-state index < -0.39 is 11.5 Å². The van der Waals surface area contributed by atoms with Crippen LogP contribution in [-0.2, 0) is 15.1 Å². The predicted octanol–water partition coefficient (Wildman–Crippen LogP) is 4.74. The van der Waals surface area contributed by atoms with Gasteiger partial charge >= 0.3 is 0 Å². The number of halogens is 1. The first-order valence-electron chi connectivity index (χ1n) is 9.47. The summed E-state index contributed by atoms with van der Waals surface area (Å²) in [7, 11) is 1.51. The average Bonchev–Trinajstić information content (AvgIpc) is 2.76. The van der Waals surface area contributed by atoms with Crippen LogP contribution in [0.3, 0.4) is 0 Å². The first kappa shape index (κ1) is 19.2. The molecule has 0 radical (unpaired) electrons. The monoisotopic (exact) mass is 391 g/mol. The molecule has 4 nitrogen and oxygen atoms in total. The molecule has 29 heavy (non-hydrogen) atoms. The molecule has 3 aromatic carbocycles. The number of fused-ring (bicyclic) bond motifs is 2. The second-order valence-electron chi connectivity index (χ2n) is 7.24. The van der Waals surface area contributed by atoms with Gasteiger partial charge in [0.15, 0.2) is 0 Å². The van der Waals surface area contributed by atoms with Crippen LogP contribution in [0.1, 0.15) is 29.5 Å². The standard InChI is InChI=1S/C24H22FNO3/c1-24(28-2,18-11-5-6-12-19(18)25)15-26-23(27)22-16-9-3-7-13-20(16)29-21-14-8-4-10-17(21)22/h3-14,22H,15H2,1-2H3,(H,26,27)/t24-/m1/s1. The fourth-order valence-electron chi connectivity index (χ4n) is 3.72. The fraction of sp³-hybridized carbons (Fsp3) is 0.208. The normalized spacial score (nSPS) is 14.9. The number of hydrogen-bond donors (Lipinski definition) is 1. The molecule has 1 amide bonds. The molecule has 1 N–H and O–H groups in total. The number of hydrogen-bond acceptors (Lipinski definition) is 3. The zero-order valence-electron chi connectivity index (χ0n) is 16.3. The molecule has 4 rings (SSSR count). The van der Waals surface area contributed by atoms with Crippen LogP contribution in [0.2, 0.25) is 0 Å². The van der Waals surface area contributed by atoms with Crippen LogP contribution in [0.4, 0.5) is 4.39 Å². The van der Waals surface area contributed by atoms with Crippen LogP contribution < -0.4 is 10.1 Å². The van der Waals surface area contributed by atoms with Crippen molar-refractivity contribution in [3.63, 3.8) is 0 Å². The topological polar surface area (TPSA) is 47.6 Å². The summed E-state index contributed by atoms with van der Waals surface area (Å²) in [6.07, 6.45) is 0. The molecule has 0 fully saturated rings. The molecule has 1 aliphatic rings. The third-order valence-corrected chi connectivity index (χ3v) is 5.44. The van der Waals surface area contributed by atoms with Crippen molar-refractivity contribution >= 4 is 5.91 Å². The third-order valence-electron chi connectivity index (χ3n) is 5.44. The summed E-state index contributed by atoms with van der Waals surface area (Å²) in [6, 6.07) is 21.4. The van der Waals surface area contributed by atoms with Gasteiger partial charge in [-0.2, -0.15) is 0 Å².